The first-order valence-corrected chi connectivity index (χ1v) is 13.1. The van der Waals surface area contributed by atoms with E-state index in [0.717, 1.165) is 51.4 Å². The number of aromatic amines is 1. The van der Waals surface area contributed by atoms with Gasteiger partial charge in [0.25, 0.3) is 0 Å². The van der Waals surface area contributed by atoms with Crippen LogP contribution >= 0.6 is 0 Å². The Labute approximate surface area is 200 Å². The summed E-state index contributed by atoms with van der Waals surface area (Å²) in [5.41, 5.74) is -0.426. The Morgan fingerprint density at radius 3 is 2.71 bits per heavy atom. The van der Waals surface area contributed by atoms with Gasteiger partial charge in [0, 0.05) is 12.1 Å². The van der Waals surface area contributed by atoms with E-state index in [9.17, 15) is 14.7 Å². The molecule has 3 fully saturated rings. The number of fused-ring (bicyclic) bond motifs is 3. The molecule has 34 heavy (non-hydrogen) atoms. The summed E-state index contributed by atoms with van der Waals surface area (Å²) in [5, 5.41) is 25.0. The first-order valence-electron chi connectivity index (χ1n) is 13.1. The topological polar surface area (TPSA) is 119 Å². The molecule has 2 N–H and O–H groups in total. The van der Waals surface area contributed by atoms with E-state index in [2.05, 4.69) is 27.5 Å². The standard InChI is InChI=1S/C25H38N6O3/c1-24(34)11-4-3-7-19-17(6-5-12-24)10-13-25(2)20(19)8-9-21(25)22(32)16-30-23(33)31(29-28-30)18-14-26-27-15-18/h14-15,17,19-21,34H,3-13,16H2,1-2H3,(H,26,27)/t17?,19-,20+,21-,24+,25+/m1/s1. The summed E-state index contributed by atoms with van der Waals surface area (Å²) in [6.07, 6.45) is 14.8. The van der Waals surface area contributed by atoms with Crippen LogP contribution in [0.2, 0.25) is 0 Å². The van der Waals surface area contributed by atoms with Crippen LogP contribution in [-0.2, 0) is 11.3 Å². The molecule has 0 aliphatic heterocycles. The van der Waals surface area contributed by atoms with Crippen molar-refractivity contribution in [3.8, 4) is 5.69 Å². The van der Waals surface area contributed by atoms with Gasteiger partial charge in [-0.25, -0.2) is 4.79 Å². The molecule has 2 aromatic heterocycles. The van der Waals surface area contributed by atoms with Gasteiger partial charge in [-0.2, -0.15) is 14.5 Å². The molecule has 2 heterocycles. The van der Waals surface area contributed by atoms with Gasteiger partial charge >= 0.3 is 5.69 Å². The molecule has 0 amide bonds. The second-order valence-electron chi connectivity index (χ2n) is 11.6. The van der Waals surface area contributed by atoms with Crippen molar-refractivity contribution in [1.82, 2.24) is 30.0 Å². The minimum atomic E-state index is -0.515. The number of carbonyl (C=O) groups is 1. The van der Waals surface area contributed by atoms with E-state index < -0.39 is 11.3 Å². The lowest BCUT2D eigenvalue weighted by atomic mass is 9.55. The number of hydrogen-bond donors (Lipinski definition) is 2. The molecule has 3 aliphatic rings. The highest BCUT2D eigenvalue weighted by atomic mass is 16.3. The van der Waals surface area contributed by atoms with Crippen LogP contribution in [0, 0.1) is 29.1 Å². The smallest absolute Gasteiger partial charge is 0.369 e. The van der Waals surface area contributed by atoms with Crippen molar-refractivity contribution in [2.75, 3.05) is 0 Å². The third kappa shape index (κ3) is 4.27. The summed E-state index contributed by atoms with van der Waals surface area (Å²) in [5.74, 6) is 2.03. The summed E-state index contributed by atoms with van der Waals surface area (Å²) in [4.78, 5) is 26.2. The predicted molar refractivity (Wildman–Crippen MR) is 126 cm³/mol. The van der Waals surface area contributed by atoms with Gasteiger partial charge in [-0.05, 0) is 85.5 Å². The largest absolute Gasteiger partial charge is 0.390 e. The van der Waals surface area contributed by atoms with Gasteiger partial charge in [0.2, 0.25) is 0 Å². The Morgan fingerprint density at radius 2 is 1.91 bits per heavy atom. The highest BCUT2D eigenvalue weighted by Crippen LogP contribution is 2.61. The normalized spacial score (nSPS) is 36.6. The number of Topliss-reactive ketones (excluding diaryl/α,β-unsaturated/α-hetero) is 1. The number of hydrogen-bond acceptors (Lipinski definition) is 6. The van der Waals surface area contributed by atoms with Crippen molar-refractivity contribution in [2.45, 2.75) is 96.6 Å². The number of nitrogens with zero attached hydrogens (tertiary/aromatic N) is 5. The first kappa shape index (κ1) is 23.5. The highest BCUT2D eigenvalue weighted by Gasteiger charge is 2.55. The van der Waals surface area contributed by atoms with E-state index in [1.54, 1.807) is 6.20 Å². The number of aliphatic hydroxyl groups is 1. The summed E-state index contributed by atoms with van der Waals surface area (Å²) in [6, 6.07) is 0. The number of rotatable bonds is 4. The summed E-state index contributed by atoms with van der Waals surface area (Å²) in [7, 11) is 0. The Hall–Kier alpha value is -2.29. The molecular weight excluding hydrogens is 432 g/mol. The Morgan fingerprint density at radius 1 is 1.09 bits per heavy atom. The zero-order valence-electron chi connectivity index (χ0n) is 20.4. The number of nitrogens with one attached hydrogen (secondary N) is 1. The molecule has 3 saturated carbocycles. The van der Waals surface area contributed by atoms with Crippen molar-refractivity contribution in [3.05, 3.63) is 22.9 Å². The van der Waals surface area contributed by atoms with E-state index in [4.69, 9.17) is 0 Å². The van der Waals surface area contributed by atoms with Crippen molar-refractivity contribution in [2.24, 2.45) is 29.1 Å². The Kier molecular flexibility index (Phi) is 6.25. The van der Waals surface area contributed by atoms with Gasteiger partial charge in [0.05, 0.1) is 11.8 Å². The third-order valence-corrected chi connectivity index (χ3v) is 9.44. The van der Waals surface area contributed by atoms with Crippen LogP contribution in [0.3, 0.4) is 0 Å². The second-order valence-corrected chi connectivity index (χ2v) is 11.6. The SMILES string of the molecule is C[C@]1(O)CCCC[C@@H]2C(CCC1)CC[C@]1(C)[C@@H](C(=O)Cn3nnn(-c4cn[nH]c4)c3=O)CC[C@@H]21. The molecular formula is C25H38N6O3. The fourth-order valence-corrected chi connectivity index (χ4v) is 7.60. The molecule has 3 aliphatic carbocycles. The van der Waals surface area contributed by atoms with E-state index in [-0.39, 0.29) is 23.7 Å². The Balaban J connectivity index is 1.30. The number of carbonyl (C=O) groups excluding carboxylic acids is 1. The maximum Gasteiger partial charge on any atom is 0.369 e. The minimum absolute atomic E-state index is 0.00196. The van der Waals surface area contributed by atoms with Crippen molar-refractivity contribution in [1.29, 1.82) is 0 Å². The summed E-state index contributed by atoms with van der Waals surface area (Å²) in [6.45, 7) is 4.31. The Bertz CT molecular complexity index is 1060. The van der Waals surface area contributed by atoms with Crippen LogP contribution in [0.15, 0.2) is 17.2 Å². The number of H-pyrrole nitrogens is 1. The molecule has 2 aromatic rings. The van der Waals surface area contributed by atoms with Crippen LogP contribution in [0.4, 0.5) is 0 Å². The average molecular weight is 471 g/mol. The van der Waals surface area contributed by atoms with Crippen LogP contribution < -0.4 is 5.69 Å². The molecule has 0 bridgehead atoms. The van der Waals surface area contributed by atoms with Gasteiger partial charge < -0.3 is 5.11 Å². The van der Waals surface area contributed by atoms with Crippen molar-refractivity contribution < 1.29 is 9.90 Å². The summed E-state index contributed by atoms with van der Waals surface area (Å²) < 4.78 is 2.35. The number of tetrazole rings is 1. The lowest BCUT2D eigenvalue weighted by molar-refractivity contribution is -0.129. The van der Waals surface area contributed by atoms with E-state index in [1.807, 2.05) is 6.92 Å². The molecule has 0 aromatic carbocycles. The molecule has 5 rings (SSSR count). The molecule has 1 unspecified atom stereocenters. The van der Waals surface area contributed by atoms with Crippen molar-refractivity contribution >= 4 is 5.78 Å². The van der Waals surface area contributed by atoms with Gasteiger partial charge in [-0.15, -0.1) is 0 Å². The minimum Gasteiger partial charge on any atom is -0.390 e. The molecule has 186 valence electrons. The monoisotopic (exact) mass is 470 g/mol. The lowest BCUT2D eigenvalue weighted by Gasteiger charge is -2.49. The van der Waals surface area contributed by atoms with E-state index in [1.165, 1.54) is 34.8 Å². The van der Waals surface area contributed by atoms with Gasteiger partial charge in [0.1, 0.15) is 12.2 Å². The van der Waals surface area contributed by atoms with Crippen LogP contribution in [0.1, 0.15) is 84.5 Å². The average Bonchev–Trinajstić information content (AvgIpc) is 3.52. The second kappa shape index (κ2) is 9.06. The fraction of sp³-hybridized carbons (Fsp3) is 0.800. The third-order valence-electron chi connectivity index (χ3n) is 9.44. The molecule has 6 atom stereocenters. The van der Waals surface area contributed by atoms with Crippen molar-refractivity contribution in [3.63, 3.8) is 0 Å². The predicted octanol–water partition coefficient (Wildman–Crippen LogP) is 3.28. The molecule has 0 saturated heterocycles. The summed E-state index contributed by atoms with van der Waals surface area (Å²) >= 11 is 0. The quantitative estimate of drug-likeness (QED) is 0.708. The van der Waals surface area contributed by atoms with Gasteiger partial charge in [0.15, 0.2) is 5.78 Å². The van der Waals surface area contributed by atoms with Crippen LogP contribution in [0.25, 0.3) is 5.69 Å². The van der Waals surface area contributed by atoms with E-state index in [0.29, 0.717) is 23.4 Å². The molecule has 0 spiro atoms. The maximum absolute atomic E-state index is 13.5. The number of aromatic nitrogens is 6. The van der Waals surface area contributed by atoms with E-state index >= 15 is 0 Å². The highest BCUT2D eigenvalue weighted by molar-refractivity contribution is 5.82. The molecule has 0 radical (unpaired) electrons. The lowest BCUT2D eigenvalue weighted by Crippen LogP contribution is -2.44. The first-order chi connectivity index (χ1) is 16.3. The zero-order valence-corrected chi connectivity index (χ0v) is 20.4. The van der Waals surface area contributed by atoms with Crippen LogP contribution in [-0.4, -0.2) is 46.5 Å². The fourth-order valence-electron chi connectivity index (χ4n) is 7.60. The molecule has 9 nitrogen and oxygen atoms in total. The zero-order chi connectivity index (χ0) is 23.9. The molecule has 9 heteroatoms. The maximum atomic E-state index is 13.5. The van der Waals surface area contributed by atoms with Crippen LogP contribution in [0.5, 0.6) is 0 Å². The number of ketones is 1. The van der Waals surface area contributed by atoms with Gasteiger partial charge in [-0.1, -0.05) is 32.6 Å². The van der Waals surface area contributed by atoms with Gasteiger partial charge in [-0.3, -0.25) is 9.89 Å².